The van der Waals surface area contributed by atoms with E-state index < -0.39 is 23.9 Å². The first-order valence-corrected chi connectivity index (χ1v) is 11.7. The van der Waals surface area contributed by atoms with Crippen LogP contribution in [0.25, 0.3) is 11.3 Å². The Morgan fingerprint density at radius 1 is 1.00 bits per heavy atom. The first-order chi connectivity index (χ1) is 18.2. The van der Waals surface area contributed by atoms with Crippen LogP contribution in [-0.2, 0) is 28.6 Å². The lowest BCUT2D eigenvalue weighted by Crippen LogP contribution is -2.29. The number of hydrogen-bond acceptors (Lipinski definition) is 5. The number of halogens is 6. The van der Waals surface area contributed by atoms with Crippen molar-refractivity contribution in [2.45, 2.75) is 45.5 Å². The molecule has 3 rings (SSSR count). The number of nitrogens with zero attached hydrogens (tertiary/aromatic N) is 1. The summed E-state index contributed by atoms with van der Waals surface area (Å²) in [7, 11) is 0. The minimum atomic E-state index is -5.08. The predicted octanol–water partition coefficient (Wildman–Crippen LogP) is 6.03. The van der Waals surface area contributed by atoms with Crippen molar-refractivity contribution in [2.75, 3.05) is 18.4 Å². The third kappa shape index (κ3) is 9.65. The Bertz CT molecular complexity index is 1240. The van der Waals surface area contributed by atoms with Crippen molar-refractivity contribution >= 4 is 17.6 Å². The van der Waals surface area contributed by atoms with Crippen molar-refractivity contribution in [1.29, 1.82) is 0 Å². The zero-order valence-corrected chi connectivity index (χ0v) is 21.0. The molecule has 0 aliphatic heterocycles. The van der Waals surface area contributed by atoms with Crippen LogP contribution in [0.5, 0.6) is 0 Å². The van der Waals surface area contributed by atoms with Crippen LogP contribution >= 0.6 is 0 Å². The maximum absolute atomic E-state index is 12.7. The van der Waals surface area contributed by atoms with Gasteiger partial charge in [-0.3, -0.25) is 4.79 Å². The summed E-state index contributed by atoms with van der Waals surface area (Å²) >= 11 is 0. The summed E-state index contributed by atoms with van der Waals surface area (Å²) in [5.74, 6) is -2.50. The number of benzene rings is 2. The Morgan fingerprint density at radius 3 is 2.21 bits per heavy atom. The summed E-state index contributed by atoms with van der Waals surface area (Å²) in [5, 5.41) is 17.1. The molecule has 2 aromatic carbocycles. The summed E-state index contributed by atoms with van der Waals surface area (Å²) in [6.45, 7) is 5.27. The molecule has 1 aromatic heterocycles. The number of alkyl halides is 6. The van der Waals surface area contributed by atoms with E-state index in [4.69, 9.17) is 14.4 Å². The van der Waals surface area contributed by atoms with E-state index >= 15 is 0 Å². The molecule has 0 spiro atoms. The first kappa shape index (κ1) is 31.2. The first-order valence-electron chi connectivity index (χ1n) is 11.7. The number of carbonyl (C=O) groups excluding carboxylic acids is 1. The maximum atomic E-state index is 12.7. The highest BCUT2D eigenvalue weighted by Crippen LogP contribution is 2.32. The number of nitrogens with one attached hydrogen (secondary N) is 2. The van der Waals surface area contributed by atoms with Gasteiger partial charge in [0.2, 0.25) is 5.91 Å². The molecule has 0 fully saturated rings. The number of aryl methyl sites for hydroxylation is 2. The quantitative estimate of drug-likeness (QED) is 0.219. The number of carbonyl (C=O) groups is 2. The Kier molecular flexibility index (Phi) is 10.9. The van der Waals surface area contributed by atoms with Crippen LogP contribution in [0.4, 0.5) is 32.0 Å². The van der Waals surface area contributed by atoms with Gasteiger partial charge in [0.15, 0.2) is 5.76 Å². The van der Waals surface area contributed by atoms with Crippen molar-refractivity contribution in [3.8, 4) is 11.3 Å². The molecule has 212 valence electrons. The largest absolute Gasteiger partial charge is 0.490 e. The Morgan fingerprint density at radius 2 is 1.64 bits per heavy atom. The fourth-order valence-electron chi connectivity index (χ4n) is 3.56. The zero-order chi connectivity index (χ0) is 29.2. The number of rotatable bonds is 9. The van der Waals surface area contributed by atoms with E-state index in [2.05, 4.69) is 35.7 Å². The molecule has 39 heavy (non-hydrogen) atoms. The van der Waals surface area contributed by atoms with Crippen LogP contribution in [-0.4, -0.2) is 41.4 Å². The normalized spacial score (nSPS) is 11.4. The number of anilines is 1. The molecule has 0 unspecified atom stereocenters. The smallest absolute Gasteiger partial charge is 0.475 e. The number of amides is 1. The highest BCUT2D eigenvalue weighted by atomic mass is 19.4. The molecule has 1 amide bonds. The average Bonchev–Trinajstić information content (AvgIpc) is 3.33. The van der Waals surface area contributed by atoms with Crippen molar-refractivity contribution < 1.29 is 45.6 Å². The van der Waals surface area contributed by atoms with Gasteiger partial charge < -0.3 is 20.3 Å². The van der Waals surface area contributed by atoms with Crippen LogP contribution in [0.15, 0.2) is 53.2 Å². The molecule has 0 saturated carbocycles. The summed E-state index contributed by atoms with van der Waals surface area (Å²) in [6.07, 6.45) is -6.46. The van der Waals surface area contributed by atoms with Gasteiger partial charge in [-0.05, 0) is 49.1 Å². The van der Waals surface area contributed by atoms with Gasteiger partial charge in [0.05, 0.1) is 11.8 Å². The van der Waals surface area contributed by atoms with Crippen LogP contribution < -0.4 is 10.6 Å². The van der Waals surface area contributed by atoms with E-state index in [1.807, 2.05) is 12.1 Å². The van der Waals surface area contributed by atoms with E-state index in [1.54, 1.807) is 0 Å². The minimum absolute atomic E-state index is 0.119. The predicted molar refractivity (Wildman–Crippen MR) is 131 cm³/mol. The standard InChI is InChI=1S/C24H26F3N3O2.C2HF3O2/c1-3-20-16(2)5-4-6-21(20)28-13-14-29-22(31)12-9-18-15-30-32-23(18)17-7-10-19(11-8-17)24(25,26)27;3-2(4,5)1(6)7/h4-8,10-11,15,28H,3,9,12-14H2,1-2H3,(H,29,31);(H,6,7). The van der Waals surface area contributed by atoms with Crippen LogP contribution in [0, 0.1) is 6.92 Å². The van der Waals surface area contributed by atoms with Crippen LogP contribution in [0.2, 0.25) is 0 Å². The molecule has 0 aliphatic carbocycles. The zero-order valence-electron chi connectivity index (χ0n) is 21.0. The lowest BCUT2D eigenvalue weighted by Gasteiger charge is -2.13. The van der Waals surface area contributed by atoms with E-state index in [9.17, 15) is 31.1 Å². The summed E-state index contributed by atoms with van der Waals surface area (Å²) in [6, 6.07) is 10.8. The number of carboxylic acids is 1. The Hall–Kier alpha value is -4.03. The molecule has 0 bridgehead atoms. The molecule has 0 aliphatic rings. The van der Waals surface area contributed by atoms with Gasteiger partial charge in [0.25, 0.3) is 0 Å². The third-order valence-corrected chi connectivity index (χ3v) is 5.51. The monoisotopic (exact) mass is 559 g/mol. The van der Waals surface area contributed by atoms with E-state index in [0.717, 1.165) is 24.2 Å². The molecule has 0 radical (unpaired) electrons. The number of carboxylic acid groups (broad SMARTS) is 1. The van der Waals surface area contributed by atoms with Crippen molar-refractivity contribution in [2.24, 2.45) is 0 Å². The second kappa shape index (κ2) is 13.7. The SMILES string of the molecule is CCc1c(C)cccc1NCCNC(=O)CCc1cnoc1-c1ccc(C(F)(F)F)cc1.O=C(O)C(F)(F)F. The Balaban J connectivity index is 0.000000673. The molecule has 0 atom stereocenters. The van der Waals surface area contributed by atoms with E-state index in [0.29, 0.717) is 36.4 Å². The fraction of sp³-hybridized carbons (Fsp3) is 0.346. The number of aliphatic carboxylic acids is 1. The van der Waals surface area contributed by atoms with E-state index in [1.165, 1.54) is 29.5 Å². The molecule has 7 nitrogen and oxygen atoms in total. The molecular weight excluding hydrogens is 532 g/mol. The lowest BCUT2D eigenvalue weighted by atomic mass is 10.0. The van der Waals surface area contributed by atoms with Gasteiger partial charge in [-0.2, -0.15) is 26.3 Å². The van der Waals surface area contributed by atoms with Gasteiger partial charge in [-0.25, -0.2) is 4.79 Å². The van der Waals surface area contributed by atoms with Crippen molar-refractivity contribution in [3.63, 3.8) is 0 Å². The molecule has 0 saturated heterocycles. The van der Waals surface area contributed by atoms with Gasteiger partial charge in [0.1, 0.15) is 0 Å². The maximum Gasteiger partial charge on any atom is 0.490 e. The van der Waals surface area contributed by atoms with Crippen molar-refractivity contribution in [3.05, 3.63) is 70.9 Å². The third-order valence-electron chi connectivity index (χ3n) is 5.51. The lowest BCUT2D eigenvalue weighted by molar-refractivity contribution is -0.192. The highest BCUT2D eigenvalue weighted by Gasteiger charge is 2.38. The van der Waals surface area contributed by atoms with Gasteiger partial charge >= 0.3 is 18.3 Å². The van der Waals surface area contributed by atoms with Crippen LogP contribution in [0.3, 0.4) is 0 Å². The van der Waals surface area contributed by atoms with Gasteiger partial charge in [0, 0.05) is 36.3 Å². The molecule has 3 N–H and O–H groups in total. The fourth-order valence-corrected chi connectivity index (χ4v) is 3.56. The summed E-state index contributed by atoms with van der Waals surface area (Å²) in [4.78, 5) is 21.1. The average molecular weight is 560 g/mol. The highest BCUT2D eigenvalue weighted by molar-refractivity contribution is 5.76. The second-order valence-electron chi connectivity index (χ2n) is 8.29. The molecular formula is C26H27F6N3O4. The Labute approximate surface area is 220 Å². The molecule has 1 heterocycles. The van der Waals surface area contributed by atoms with Crippen molar-refractivity contribution in [1.82, 2.24) is 10.5 Å². The minimum Gasteiger partial charge on any atom is -0.475 e. The van der Waals surface area contributed by atoms with Gasteiger partial charge in [-0.15, -0.1) is 0 Å². The van der Waals surface area contributed by atoms with Gasteiger partial charge in [-0.1, -0.05) is 36.3 Å². The van der Waals surface area contributed by atoms with E-state index in [-0.39, 0.29) is 12.3 Å². The number of hydrogen-bond donors (Lipinski definition) is 3. The number of aromatic nitrogens is 1. The molecule has 3 aromatic rings. The topological polar surface area (TPSA) is 104 Å². The summed E-state index contributed by atoms with van der Waals surface area (Å²) in [5.41, 5.74) is 4.01. The molecule has 13 heteroatoms. The summed E-state index contributed by atoms with van der Waals surface area (Å²) < 4.78 is 75.2. The van der Waals surface area contributed by atoms with Crippen LogP contribution in [0.1, 0.15) is 35.6 Å². The second-order valence-corrected chi connectivity index (χ2v) is 8.29.